The molecular formula is C17H17NO3. The summed E-state index contributed by atoms with van der Waals surface area (Å²) in [5.74, 6) is -1.85. The lowest BCUT2D eigenvalue weighted by atomic mass is 9.85. The molecule has 2 rings (SSSR count). The van der Waals surface area contributed by atoms with E-state index in [1.54, 1.807) is 0 Å². The van der Waals surface area contributed by atoms with Crippen LogP contribution in [-0.4, -0.2) is 23.0 Å². The Kier molecular flexibility index (Phi) is 4.72. The Morgan fingerprint density at radius 1 is 0.905 bits per heavy atom. The first kappa shape index (κ1) is 14.8. The molecule has 0 aliphatic heterocycles. The maximum absolute atomic E-state index is 11.6. The Labute approximate surface area is 123 Å². The first-order chi connectivity index (χ1) is 10.1. The number of carboxylic acids is 1. The van der Waals surface area contributed by atoms with Gasteiger partial charge in [0.05, 0.1) is 0 Å². The van der Waals surface area contributed by atoms with E-state index in [1.807, 2.05) is 60.7 Å². The predicted molar refractivity (Wildman–Crippen MR) is 80.0 cm³/mol. The summed E-state index contributed by atoms with van der Waals surface area (Å²) in [6.45, 7) is 1.32. The summed E-state index contributed by atoms with van der Waals surface area (Å²) in [4.78, 5) is 23.0. The van der Waals surface area contributed by atoms with Crippen LogP contribution in [-0.2, 0) is 9.59 Å². The highest BCUT2D eigenvalue weighted by atomic mass is 16.4. The summed E-state index contributed by atoms with van der Waals surface area (Å²) in [5.41, 5.74) is 1.70. The Morgan fingerprint density at radius 2 is 1.33 bits per heavy atom. The molecule has 108 valence electrons. The van der Waals surface area contributed by atoms with Crippen molar-refractivity contribution in [1.29, 1.82) is 0 Å². The molecule has 0 bridgehead atoms. The summed E-state index contributed by atoms with van der Waals surface area (Å²) in [6.07, 6.45) is 0. The van der Waals surface area contributed by atoms with E-state index in [0.717, 1.165) is 11.1 Å². The van der Waals surface area contributed by atoms with Crippen LogP contribution in [0.1, 0.15) is 24.0 Å². The summed E-state index contributed by atoms with van der Waals surface area (Å²) < 4.78 is 0. The van der Waals surface area contributed by atoms with Gasteiger partial charge in [0.25, 0.3) is 0 Å². The van der Waals surface area contributed by atoms with Crippen molar-refractivity contribution < 1.29 is 14.7 Å². The van der Waals surface area contributed by atoms with Crippen LogP contribution in [0, 0.1) is 0 Å². The number of hydrogen-bond donors (Lipinski definition) is 2. The van der Waals surface area contributed by atoms with Crippen LogP contribution < -0.4 is 5.32 Å². The van der Waals surface area contributed by atoms with Crippen molar-refractivity contribution in [1.82, 2.24) is 5.32 Å². The number of rotatable bonds is 5. The highest BCUT2D eigenvalue weighted by Gasteiger charge is 2.31. The normalized spacial score (nSPS) is 11.9. The summed E-state index contributed by atoms with van der Waals surface area (Å²) in [7, 11) is 0. The van der Waals surface area contributed by atoms with Crippen LogP contribution in [0.5, 0.6) is 0 Å². The maximum atomic E-state index is 11.6. The molecule has 2 aromatic carbocycles. The lowest BCUT2D eigenvalue weighted by Crippen LogP contribution is -2.44. The molecule has 21 heavy (non-hydrogen) atoms. The predicted octanol–water partition coefficient (Wildman–Crippen LogP) is 2.41. The molecule has 4 heteroatoms. The van der Waals surface area contributed by atoms with Crippen LogP contribution in [0.15, 0.2) is 60.7 Å². The molecule has 0 spiro atoms. The van der Waals surface area contributed by atoms with Gasteiger partial charge in [0, 0.05) is 12.8 Å². The van der Waals surface area contributed by atoms with Crippen LogP contribution in [0.3, 0.4) is 0 Å². The second-order valence-electron chi connectivity index (χ2n) is 4.82. The van der Waals surface area contributed by atoms with Gasteiger partial charge in [0.1, 0.15) is 6.04 Å². The Balaban J connectivity index is 2.49. The molecule has 1 atom stereocenters. The van der Waals surface area contributed by atoms with Crippen molar-refractivity contribution in [2.75, 3.05) is 0 Å². The van der Waals surface area contributed by atoms with Crippen molar-refractivity contribution >= 4 is 11.9 Å². The third-order valence-corrected chi connectivity index (χ3v) is 3.28. The Bertz CT molecular complexity index is 571. The number of carboxylic acid groups (broad SMARTS) is 1. The van der Waals surface area contributed by atoms with Gasteiger partial charge in [-0.05, 0) is 11.1 Å². The SMILES string of the molecule is CC(=O)N[C@H](C(=O)O)C(c1ccccc1)c1ccccc1. The number of amides is 1. The van der Waals surface area contributed by atoms with E-state index >= 15 is 0 Å². The van der Waals surface area contributed by atoms with Gasteiger partial charge in [-0.25, -0.2) is 4.79 Å². The van der Waals surface area contributed by atoms with E-state index in [9.17, 15) is 14.7 Å². The molecule has 0 saturated carbocycles. The second kappa shape index (κ2) is 6.70. The number of aliphatic carboxylic acids is 1. The number of hydrogen-bond acceptors (Lipinski definition) is 2. The first-order valence-corrected chi connectivity index (χ1v) is 6.69. The van der Waals surface area contributed by atoms with Crippen molar-refractivity contribution in [3.8, 4) is 0 Å². The number of benzene rings is 2. The van der Waals surface area contributed by atoms with Crippen molar-refractivity contribution in [3.63, 3.8) is 0 Å². The smallest absolute Gasteiger partial charge is 0.327 e. The maximum Gasteiger partial charge on any atom is 0.327 e. The van der Waals surface area contributed by atoms with E-state index in [0.29, 0.717) is 0 Å². The van der Waals surface area contributed by atoms with Gasteiger partial charge in [0.15, 0.2) is 0 Å². The zero-order valence-electron chi connectivity index (χ0n) is 11.7. The second-order valence-corrected chi connectivity index (χ2v) is 4.82. The molecule has 0 aliphatic rings. The highest BCUT2D eigenvalue weighted by Crippen LogP contribution is 2.28. The standard InChI is InChI=1S/C17H17NO3/c1-12(19)18-16(17(20)21)15(13-8-4-2-5-9-13)14-10-6-3-7-11-14/h2-11,15-16H,1H3,(H,18,19)(H,20,21)/t16-/m0/s1. The van der Waals surface area contributed by atoms with Crippen LogP contribution in [0.4, 0.5) is 0 Å². The van der Waals surface area contributed by atoms with Gasteiger partial charge in [-0.15, -0.1) is 0 Å². The van der Waals surface area contributed by atoms with Crippen LogP contribution >= 0.6 is 0 Å². The number of nitrogens with one attached hydrogen (secondary N) is 1. The summed E-state index contributed by atoms with van der Waals surface area (Å²) in [6, 6.07) is 17.7. The average Bonchev–Trinajstić information content (AvgIpc) is 2.48. The fourth-order valence-corrected chi connectivity index (χ4v) is 2.40. The van der Waals surface area contributed by atoms with Gasteiger partial charge in [-0.1, -0.05) is 60.7 Å². The van der Waals surface area contributed by atoms with E-state index in [-0.39, 0.29) is 5.91 Å². The quantitative estimate of drug-likeness (QED) is 0.885. The zero-order valence-corrected chi connectivity index (χ0v) is 11.7. The molecule has 0 saturated heterocycles. The minimum Gasteiger partial charge on any atom is -0.480 e. The minimum absolute atomic E-state index is 0.362. The molecule has 1 amide bonds. The van der Waals surface area contributed by atoms with Gasteiger partial charge in [-0.3, -0.25) is 4.79 Å². The summed E-state index contributed by atoms with van der Waals surface area (Å²) >= 11 is 0. The Hall–Kier alpha value is -2.62. The van der Waals surface area contributed by atoms with E-state index in [4.69, 9.17) is 0 Å². The van der Waals surface area contributed by atoms with Crippen molar-refractivity contribution in [2.24, 2.45) is 0 Å². The lowest BCUT2D eigenvalue weighted by Gasteiger charge is -2.25. The Morgan fingerprint density at radius 3 is 1.67 bits per heavy atom. The molecular weight excluding hydrogens is 266 g/mol. The van der Waals surface area contributed by atoms with Crippen molar-refractivity contribution in [3.05, 3.63) is 71.8 Å². The molecule has 0 aliphatic carbocycles. The molecule has 0 heterocycles. The molecule has 0 fully saturated rings. The fraction of sp³-hybridized carbons (Fsp3) is 0.176. The van der Waals surface area contributed by atoms with Gasteiger partial charge >= 0.3 is 5.97 Å². The van der Waals surface area contributed by atoms with E-state index in [1.165, 1.54) is 6.92 Å². The molecule has 0 radical (unpaired) electrons. The summed E-state index contributed by atoms with van der Waals surface area (Å²) in [5, 5.41) is 12.0. The number of carbonyl (C=O) groups excluding carboxylic acids is 1. The fourth-order valence-electron chi connectivity index (χ4n) is 2.40. The van der Waals surface area contributed by atoms with E-state index < -0.39 is 17.9 Å². The molecule has 4 nitrogen and oxygen atoms in total. The average molecular weight is 283 g/mol. The van der Waals surface area contributed by atoms with Crippen molar-refractivity contribution in [2.45, 2.75) is 18.9 Å². The third-order valence-electron chi connectivity index (χ3n) is 3.28. The zero-order chi connectivity index (χ0) is 15.2. The van der Waals surface area contributed by atoms with Gasteiger partial charge < -0.3 is 10.4 Å². The van der Waals surface area contributed by atoms with Gasteiger partial charge in [-0.2, -0.15) is 0 Å². The highest BCUT2D eigenvalue weighted by molar-refractivity contribution is 5.83. The molecule has 2 N–H and O–H groups in total. The first-order valence-electron chi connectivity index (χ1n) is 6.69. The van der Waals surface area contributed by atoms with Crippen LogP contribution in [0.25, 0.3) is 0 Å². The monoisotopic (exact) mass is 283 g/mol. The lowest BCUT2D eigenvalue weighted by molar-refractivity contribution is -0.141. The van der Waals surface area contributed by atoms with Gasteiger partial charge in [0.2, 0.25) is 5.91 Å². The minimum atomic E-state index is -1.05. The van der Waals surface area contributed by atoms with E-state index in [2.05, 4.69) is 5.32 Å². The topological polar surface area (TPSA) is 66.4 Å². The molecule has 2 aromatic rings. The third kappa shape index (κ3) is 3.69. The van der Waals surface area contributed by atoms with Crippen LogP contribution in [0.2, 0.25) is 0 Å². The number of carbonyl (C=O) groups is 2. The molecule has 0 aromatic heterocycles. The molecule has 0 unspecified atom stereocenters. The largest absolute Gasteiger partial charge is 0.480 e.